The average Bonchev–Trinajstić information content (AvgIpc) is 3.14. The highest BCUT2D eigenvalue weighted by atomic mass is 19.1. The number of hydrogen-bond acceptors (Lipinski definition) is 2. The van der Waals surface area contributed by atoms with E-state index < -0.39 is 23.2 Å². The Kier molecular flexibility index (Phi) is 3.79. The van der Waals surface area contributed by atoms with Crippen molar-refractivity contribution in [2.75, 3.05) is 12.3 Å². The fraction of sp³-hybridized carbons (Fsp3) is 0.462. The molecular weight excluding hydrogens is 238 g/mol. The van der Waals surface area contributed by atoms with Crippen molar-refractivity contribution >= 4 is 11.6 Å². The highest BCUT2D eigenvalue weighted by Crippen LogP contribution is 2.33. The Labute approximate surface area is 104 Å². The van der Waals surface area contributed by atoms with Crippen molar-refractivity contribution in [3.05, 3.63) is 29.3 Å². The summed E-state index contributed by atoms with van der Waals surface area (Å²) in [5, 5.41) is 2.64. The largest absolute Gasteiger partial charge is 0.394 e. The molecule has 1 amide bonds. The second-order valence-electron chi connectivity index (χ2n) is 4.70. The van der Waals surface area contributed by atoms with E-state index in [0.717, 1.165) is 30.9 Å². The first-order valence-electron chi connectivity index (χ1n) is 6.10. The number of nitrogens with one attached hydrogen (secondary N) is 1. The Morgan fingerprint density at radius 1 is 1.33 bits per heavy atom. The van der Waals surface area contributed by atoms with Gasteiger partial charge in [0.15, 0.2) is 0 Å². The van der Waals surface area contributed by atoms with E-state index in [1.165, 1.54) is 12.8 Å². The average molecular weight is 254 g/mol. The molecule has 0 heterocycles. The molecule has 0 aromatic heterocycles. The molecule has 1 fully saturated rings. The second-order valence-corrected chi connectivity index (χ2v) is 4.70. The van der Waals surface area contributed by atoms with Gasteiger partial charge in [-0.15, -0.1) is 0 Å². The van der Waals surface area contributed by atoms with Crippen LogP contribution in [0.15, 0.2) is 12.1 Å². The molecule has 1 aliphatic rings. The number of carbonyl (C=O) groups excluding carboxylic acids is 1. The number of carbonyl (C=O) groups is 1. The fourth-order valence-electron chi connectivity index (χ4n) is 1.82. The van der Waals surface area contributed by atoms with Gasteiger partial charge in [0.1, 0.15) is 17.3 Å². The molecule has 98 valence electrons. The van der Waals surface area contributed by atoms with Crippen LogP contribution in [0.3, 0.4) is 0 Å². The molecule has 3 nitrogen and oxygen atoms in total. The van der Waals surface area contributed by atoms with E-state index in [2.05, 4.69) is 5.32 Å². The number of rotatable bonds is 5. The minimum atomic E-state index is -0.905. The van der Waals surface area contributed by atoms with E-state index >= 15 is 0 Å². The minimum absolute atomic E-state index is 0.0365. The maximum Gasteiger partial charge on any atom is 0.251 e. The predicted octanol–water partition coefficient (Wildman–Crippen LogP) is 2.47. The molecule has 1 aromatic rings. The predicted molar refractivity (Wildman–Crippen MR) is 65.1 cm³/mol. The third kappa shape index (κ3) is 3.18. The van der Waals surface area contributed by atoms with Crippen LogP contribution in [0.25, 0.3) is 0 Å². The molecule has 1 aromatic carbocycles. The van der Waals surface area contributed by atoms with Crippen molar-refractivity contribution in [3.8, 4) is 0 Å². The zero-order chi connectivity index (χ0) is 13.1. The maximum absolute atomic E-state index is 13.2. The maximum atomic E-state index is 13.2. The molecule has 0 spiro atoms. The molecule has 18 heavy (non-hydrogen) atoms. The molecule has 5 heteroatoms. The summed E-state index contributed by atoms with van der Waals surface area (Å²) in [4.78, 5) is 11.6. The smallest absolute Gasteiger partial charge is 0.251 e. The molecule has 0 atom stereocenters. The van der Waals surface area contributed by atoms with Gasteiger partial charge in [0.05, 0.1) is 0 Å². The van der Waals surface area contributed by atoms with Crippen LogP contribution in [0.5, 0.6) is 0 Å². The zero-order valence-corrected chi connectivity index (χ0v) is 10.0. The number of nitrogens with two attached hydrogens (primary N) is 1. The van der Waals surface area contributed by atoms with Crippen LogP contribution < -0.4 is 11.1 Å². The van der Waals surface area contributed by atoms with Gasteiger partial charge in [-0.3, -0.25) is 4.79 Å². The van der Waals surface area contributed by atoms with E-state index in [4.69, 9.17) is 5.73 Å². The Morgan fingerprint density at radius 2 is 1.94 bits per heavy atom. The molecule has 0 bridgehead atoms. The van der Waals surface area contributed by atoms with Crippen LogP contribution in [0.1, 0.15) is 36.0 Å². The molecule has 2 rings (SSSR count). The van der Waals surface area contributed by atoms with Crippen molar-refractivity contribution < 1.29 is 13.6 Å². The number of anilines is 1. The lowest BCUT2D eigenvalue weighted by Gasteiger charge is -2.06. The number of halogens is 2. The molecule has 0 unspecified atom stereocenters. The standard InChI is InChI=1S/C13H16F2N2O/c14-10-6-9(7-11(15)12(10)16)13(18)17-5-1-2-8-3-4-8/h6-8H,1-5,16H2,(H,17,18). The molecule has 0 radical (unpaired) electrons. The summed E-state index contributed by atoms with van der Waals surface area (Å²) in [6.07, 6.45) is 4.56. The monoisotopic (exact) mass is 254 g/mol. The van der Waals surface area contributed by atoms with Crippen molar-refractivity contribution in [2.24, 2.45) is 5.92 Å². The van der Waals surface area contributed by atoms with E-state index in [0.29, 0.717) is 6.54 Å². The molecule has 0 saturated heterocycles. The number of nitrogen functional groups attached to an aromatic ring is 1. The quantitative estimate of drug-likeness (QED) is 0.626. The summed E-state index contributed by atoms with van der Waals surface area (Å²) in [6.45, 7) is 0.531. The first kappa shape index (κ1) is 12.8. The Morgan fingerprint density at radius 3 is 2.50 bits per heavy atom. The van der Waals surface area contributed by atoms with E-state index in [-0.39, 0.29) is 5.56 Å². The first-order chi connectivity index (χ1) is 8.58. The second kappa shape index (κ2) is 5.33. The van der Waals surface area contributed by atoms with Crippen LogP contribution in [-0.4, -0.2) is 12.5 Å². The summed E-state index contributed by atoms with van der Waals surface area (Å²) in [6, 6.07) is 1.91. The Bertz CT molecular complexity index is 435. The summed E-state index contributed by atoms with van der Waals surface area (Å²) in [5.74, 6) is -1.46. The summed E-state index contributed by atoms with van der Waals surface area (Å²) in [7, 11) is 0. The van der Waals surface area contributed by atoms with Crippen LogP contribution in [-0.2, 0) is 0 Å². The third-order valence-electron chi connectivity index (χ3n) is 3.11. The van der Waals surface area contributed by atoms with Gasteiger partial charge in [-0.2, -0.15) is 0 Å². The highest BCUT2D eigenvalue weighted by Gasteiger charge is 2.20. The van der Waals surface area contributed by atoms with Crippen molar-refractivity contribution in [1.29, 1.82) is 0 Å². The molecule has 1 saturated carbocycles. The number of amides is 1. The summed E-state index contributed by atoms with van der Waals surface area (Å²) >= 11 is 0. The van der Waals surface area contributed by atoms with Gasteiger partial charge >= 0.3 is 0 Å². The molecule has 3 N–H and O–H groups in total. The summed E-state index contributed by atoms with van der Waals surface area (Å²) in [5.41, 5.74) is 4.54. The van der Waals surface area contributed by atoms with Crippen LogP contribution in [0, 0.1) is 17.6 Å². The van der Waals surface area contributed by atoms with Gasteiger partial charge in [-0.05, 0) is 30.9 Å². The van der Waals surface area contributed by atoms with Crippen LogP contribution in [0.2, 0.25) is 0 Å². The molecular formula is C13H16F2N2O. The Hall–Kier alpha value is -1.65. The van der Waals surface area contributed by atoms with Crippen molar-refractivity contribution in [2.45, 2.75) is 25.7 Å². The van der Waals surface area contributed by atoms with E-state index in [1.807, 2.05) is 0 Å². The number of benzene rings is 1. The minimum Gasteiger partial charge on any atom is -0.394 e. The normalized spacial score (nSPS) is 14.6. The van der Waals surface area contributed by atoms with Gasteiger partial charge in [0.2, 0.25) is 0 Å². The van der Waals surface area contributed by atoms with Gasteiger partial charge in [0, 0.05) is 12.1 Å². The third-order valence-corrected chi connectivity index (χ3v) is 3.11. The lowest BCUT2D eigenvalue weighted by Crippen LogP contribution is -2.25. The number of hydrogen-bond donors (Lipinski definition) is 2. The lowest BCUT2D eigenvalue weighted by atomic mass is 10.1. The van der Waals surface area contributed by atoms with Gasteiger partial charge in [-0.25, -0.2) is 8.78 Å². The fourth-order valence-corrected chi connectivity index (χ4v) is 1.82. The van der Waals surface area contributed by atoms with E-state index in [9.17, 15) is 13.6 Å². The zero-order valence-electron chi connectivity index (χ0n) is 10.0. The van der Waals surface area contributed by atoms with Crippen molar-refractivity contribution in [1.82, 2.24) is 5.32 Å². The first-order valence-corrected chi connectivity index (χ1v) is 6.10. The molecule has 0 aliphatic heterocycles. The van der Waals surface area contributed by atoms with Gasteiger partial charge in [0.25, 0.3) is 5.91 Å². The SMILES string of the molecule is Nc1c(F)cc(C(=O)NCCCC2CC2)cc1F. The van der Waals surface area contributed by atoms with Gasteiger partial charge < -0.3 is 11.1 Å². The van der Waals surface area contributed by atoms with Crippen LogP contribution >= 0.6 is 0 Å². The summed E-state index contributed by atoms with van der Waals surface area (Å²) < 4.78 is 26.3. The molecule has 1 aliphatic carbocycles. The Balaban J connectivity index is 1.87. The lowest BCUT2D eigenvalue weighted by molar-refractivity contribution is 0.0952. The topological polar surface area (TPSA) is 55.1 Å². The highest BCUT2D eigenvalue weighted by molar-refractivity contribution is 5.94. The van der Waals surface area contributed by atoms with Crippen LogP contribution in [0.4, 0.5) is 14.5 Å². The van der Waals surface area contributed by atoms with E-state index in [1.54, 1.807) is 0 Å². The van der Waals surface area contributed by atoms with Gasteiger partial charge in [-0.1, -0.05) is 12.8 Å². The van der Waals surface area contributed by atoms with Crippen molar-refractivity contribution in [3.63, 3.8) is 0 Å².